The average molecular weight is 876 g/mol. The summed E-state index contributed by atoms with van der Waals surface area (Å²) in [4.78, 5) is 49.3. The van der Waals surface area contributed by atoms with Gasteiger partial charge in [0.05, 0.1) is 17.7 Å². The fourth-order valence-corrected chi connectivity index (χ4v) is 9.02. The first-order valence-electron chi connectivity index (χ1n) is 22.0. The Bertz CT molecular complexity index is 2800. The van der Waals surface area contributed by atoms with E-state index in [-0.39, 0.29) is 42.5 Å². The van der Waals surface area contributed by atoms with Gasteiger partial charge in [-0.2, -0.15) is 5.26 Å². The van der Waals surface area contributed by atoms with E-state index in [1.165, 1.54) is 17.7 Å². The number of alkyl halides is 1. The number of benzene rings is 4. The van der Waals surface area contributed by atoms with Gasteiger partial charge in [0.2, 0.25) is 5.91 Å². The average Bonchev–Trinajstić information content (AvgIpc) is 3.77. The molecule has 1 atom stereocenters. The minimum Gasteiger partial charge on any atom is -0.508 e. The molecule has 13 heteroatoms. The van der Waals surface area contributed by atoms with Crippen LogP contribution in [0.2, 0.25) is 0 Å². The van der Waals surface area contributed by atoms with Crippen LogP contribution in [0.4, 0.5) is 15.8 Å². The van der Waals surface area contributed by atoms with E-state index in [0.29, 0.717) is 95.8 Å². The summed E-state index contributed by atoms with van der Waals surface area (Å²) < 4.78 is 21.8. The number of nitrogens with zero attached hydrogens (tertiary/aromatic N) is 6. The van der Waals surface area contributed by atoms with Crippen LogP contribution in [-0.2, 0) is 51.2 Å². The van der Waals surface area contributed by atoms with Gasteiger partial charge in [0, 0.05) is 86.8 Å². The van der Waals surface area contributed by atoms with Crippen LogP contribution in [0.25, 0.3) is 11.3 Å². The molecule has 334 valence electrons. The number of carbonyl (C=O) groups is 3. The Morgan fingerprint density at radius 3 is 2.31 bits per heavy atom. The number of fused-ring (bicyclic) bond motifs is 2. The number of amides is 3. The molecule has 12 nitrogen and oxygen atoms in total. The van der Waals surface area contributed by atoms with Gasteiger partial charge in [0.1, 0.15) is 36.5 Å². The standard InChI is InChI=1S/C52H54FN7O5/c1-33-24-37-8-6-7-9-39(37)32-59(33)51(63)47-27-40-31-58(50(62)25-36-10-16-44(17-11-36)65-23-21-55-20-19-53)22-18-38(40)26-46(47)49-29-45(34(2)57(49)5)52(64)60(41-12-14-43(61)15-13-41)48-28-42(30-54)56(4)35(48)3/h6-17,26-29,33,55,61H,18-25,31-32H2,1-5H3/t33-/m1/s1. The largest absolute Gasteiger partial charge is 0.508 e. The van der Waals surface area contributed by atoms with Crippen molar-refractivity contribution in [3.8, 4) is 28.8 Å². The molecule has 0 radical (unpaired) electrons. The summed E-state index contributed by atoms with van der Waals surface area (Å²) in [5.74, 6) is 0.246. The van der Waals surface area contributed by atoms with E-state index >= 15 is 9.59 Å². The molecule has 2 aliphatic rings. The smallest absolute Gasteiger partial charge is 0.264 e. The van der Waals surface area contributed by atoms with Gasteiger partial charge in [-0.25, -0.2) is 4.39 Å². The van der Waals surface area contributed by atoms with Crippen LogP contribution >= 0.6 is 0 Å². The molecule has 4 aromatic carbocycles. The van der Waals surface area contributed by atoms with Crippen molar-refractivity contribution in [2.75, 3.05) is 37.8 Å². The summed E-state index contributed by atoms with van der Waals surface area (Å²) in [7, 11) is 3.68. The van der Waals surface area contributed by atoms with Crippen molar-refractivity contribution in [2.24, 2.45) is 14.1 Å². The molecule has 0 fully saturated rings. The molecule has 8 rings (SSSR count). The maximum absolute atomic E-state index is 15.1. The number of phenols is 1. The summed E-state index contributed by atoms with van der Waals surface area (Å²) in [6, 6.07) is 31.7. The molecule has 0 aliphatic carbocycles. The molecule has 65 heavy (non-hydrogen) atoms. The summed E-state index contributed by atoms with van der Waals surface area (Å²) >= 11 is 0. The van der Waals surface area contributed by atoms with Crippen molar-refractivity contribution in [1.82, 2.24) is 24.3 Å². The van der Waals surface area contributed by atoms with E-state index in [4.69, 9.17) is 4.74 Å². The molecule has 2 aliphatic heterocycles. The quantitative estimate of drug-likeness (QED) is 0.113. The van der Waals surface area contributed by atoms with Gasteiger partial charge in [-0.3, -0.25) is 19.3 Å². The highest BCUT2D eigenvalue weighted by molar-refractivity contribution is 6.13. The number of nitriles is 1. The maximum atomic E-state index is 15.1. The van der Waals surface area contributed by atoms with Crippen molar-refractivity contribution in [2.45, 2.75) is 59.2 Å². The zero-order valence-electron chi connectivity index (χ0n) is 37.5. The molecule has 2 aromatic heterocycles. The molecule has 3 amide bonds. The van der Waals surface area contributed by atoms with Gasteiger partial charge >= 0.3 is 0 Å². The number of aromatic nitrogens is 2. The second-order valence-corrected chi connectivity index (χ2v) is 17.0. The first kappa shape index (κ1) is 44.4. The zero-order chi connectivity index (χ0) is 45.9. The third kappa shape index (κ3) is 8.99. The second kappa shape index (κ2) is 18.9. The van der Waals surface area contributed by atoms with Crippen molar-refractivity contribution >= 4 is 29.1 Å². The van der Waals surface area contributed by atoms with Crippen LogP contribution in [0.1, 0.15) is 72.5 Å². The summed E-state index contributed by atoms with van der Waals surface area (Å²) in [6.07, 6.45) is 1.51. The predicted molar refractivity (Wildman–Crippen MR) is 248 cm³/mol. The van der Waals surface area contributed by atoms with Crippen LogP contribution in [0.5, 0.6) is 11.5 Å². The Morgan fingerprint density at radius 1 is 0.862 bits per heavy atom. The Balaban J connectivity index is 1.14. The van der Waals surface area contributed by atoms with Gasteiger partial charge in [-0.1, -0.05) is 36.4 Å². The molecule has 6 aromatic rings. The number of hydrogen-bond donors (Lipinski definition) is 2. The molecule has 4 heterocycles. The SMILES string of the molecule is Cc1c(N(C(=O)c2cc(-c3cc4c(cc3C(=O)N3Cc5ccccc5C[C@H]3C)CN(C(=O)Cc3ccc(OCCNCCF)cc3)CC4)n(C)c2C)c2ccc(O)cc2)cc(C#N)n1C. The van der Waals surface area contributed by atoms with E-state index in [1.54, 1.807) is 34.7 Å². The molecule has 0 unspecified atom stereocenters. The Kier molecular flexibility index (Phi) is 12.9. The minimum atomic E-state index is -0.428. The maximum Gasteiger partial charge on any atom is 0.264 e. The number of nitrogens with one attached hydrogen (secondary N) is 1. The Morgan fingerprint density at radius 2 is 1.60 bits per heavy atom. The summed E-state index contributed by atoms with van der Waals surface area (Å²) in [6.45, 7) is 7.91. The fourth-order valence-electron chi connectivity index (χ4n) is 9.02. The number of halogens is 1. The number of hydrogen-bond acceptors (Lipinski definition) is 7. The number of aromatic hydroxyl groups is 1. The van der Waals surface area contributed by atoms with Crippen molar-refractivity contribution in [3.05, 3.63) is 153 Å². The molecular formula is C52H54FN7O5. The van der Waals surface area contributed by atoms with Gasteiger partial charge < -0.3 is 34.1 Å². The lowest BCUT2D eigenvalue weighted by atomic mass is 9.89. The monoisotopic (exact) mass is 875 g/mol. The molecule has 2 N–H and O–H groups in total. The highest BCUT2D eigenvalue weighted by atomic mass is 19.1. The van der Waals surface area contributed by atoms with Gasteiger partial charge in [0.15, 0.2) is 0 Å². The normalized spacial score (nSPS) is 14.4. The number of anilines is 2. The molecule has 0 bridgehead atoms. The molecule has 0 saturated heterocycles. The highest BCUT2D eigenvalue weighted by Crippen LogP contribution is 2.38. The van der Waals surface area contributed by atoms with Crippen molar-refractivity contribution in [3.63, 3.8) is 0 Å². The predicted octanol–water partition coefficient (Wildman–Crippen LogP) is 7.86. The first-order valence-corrected chi connectivity index (χ1v) is 22.0. The van der Waals surface area contributed by atoms with E-state index in [1.807, 2.05) is 83.8 Å². The lowest BCUT2D eigenvalue weighted by Gasteiger charge is -2.36. The second-order valence-electron chi connectivity index (χ2n) is 17.0. The lowest BCUT2D eigenvalue weighted by molar-refractivity contribution is -0.131. The highest BCUT2D eigenvalue weighted by Gasteiger charge is 2.33. The third-order valence-electron chi connectivity index (χ3n) is 13.0. The van der Waals surface area contributed by atoms with Crippen LogP contribution < -0.4 is 15.0 Å². The number of phenolic OH excluding ortho intramolecular Hbond substituents is 1. The van der Waals surface area contributed by atoms with Crippen LogP contribution in [0.15, 0.2) is 97.1 Å². The summed E-state index contributed by atoms with van der Waals surface area (Å²) in [5.41, 5.74) is 10.3. The van der Waals surface area contributed by atoms with Crippen LogP contribution in [0.3, 0.4) is 0 Å². The number of rotatable bonds is 13. The van der Waals surface area contributed by atoms with E-state index in [2.05, 4.69) is 36.5 Å². The first-order chi connectivity index (χ1) is 31.4. The van der Waals surface area contributed by atoms with E-state index in [0.717, 1.165) is 28.7 Å². The number of carbonyl (C=O) groups excluding carboxylic acids is 3. The molecule has 0 saturated carbocycles. The van der Waals surface area contributed by atoms with Crippen molar-refractivity contribution < 1.29 is 28.6 Å². The third-order valence-corrected chi connectivity index (χ3v) is 13.0. The molecule has 0 spiro atoms. The van der Waals surface area contributed by atoms with Gasteiger partial charge in [0.25, 0.3) is 11.8 Å². The minimum absolute atomic E-state index is 0.0205. The van der Waals surface area contributed by atoms with Gasteiger partial charge in [-0.15, -0.1) is 0 Å². The fraction of sp³-hybridized carbons (Fsp3) is 0.308. The zero-order valence-corrected chi connectivity index (χ0v) is 37.5. The van der Waals surface area contributed by atoms with Crippen LogP contribution in [-0.4, -0.2) is 80.7 Å². The summed E-state index contributed by atoms with van der Waals surface area (Å²) in [5, 5.41) is 23.0. The van der Waals surface area contributed by atoms with Gasteiger partial charge in [-0.05, 0) is 122 Å². The Hall–Kier alpha value is -7.17. The van der Waals surface area contributed by atoms with E-state index in [9.17, 15) is 19.6 Å². The Labute approximate surface area is 379 Å². The lowest BCUT2D eigenvalue weighted by Crippen LogP contribution is -2.43. The van der Waals surface area contributed by atoms with Crippen LogP contribution in [0, 0.1) is 25.2 Å². The van der Waals surface area contributed by atoms with E-state index < -0.39 is 6.67 Å². The topological polar surface area (TPSA) is 136 Å². The number of ether oxygens (including phenoxy) is 1. The van der Waals surface area contributed by atoms with Crippen molar-refractivity contribution in [1.29, 1.82) is 5.26 Å². The molecular weight excluding hydrogens is 822 g/mol.